The minimum atomic E-state index is 0.446. The Hall–Kier alpha value is -1.57. The zero-order valence-corrected chi connectivity index (χ0v) is 9.97. The van der Waals surface area contributed by atoms with Crippen LogP contribution in [0.15, 0.2) is 23.6 Å². The Morgan fingerprint density at radius 3 is 2.88 bits per heavy atom. The first-order valence-electron chi connectivity index (χ1n) is 4.44. The number of nitrogens with zero attached hydrogens (tertiary/aromatic N) is 2. The van der Waals surface area contributed by atoms with Gasteiger partial charge >= 0.3 is 0 Å². The zero-order chi connectivity index (χ0) is 11.5. The van der Waals surface area contributed by atoms with Gasteiger partial charge in [-0.15, -0.1) is 11.3 Å². The lowest BCUT2D eigenvalue weighted by Crippen LogP contribution is -1.85. The molecule has 0 saturated heterocycles. The molecule has 0 saturated carbocycles. The zero-order valence-electron chi connectivity index (χ0n) is 8.40. The molecule has 1 aromatic carbocycles. The van der Waals surface area contributed by atoms with E-state index >= 15 is 0 Å². The van der Waals surface area contributed by atoms with Crippen LogP contribution in [-0.2, 0) is 0 Å². The lowest BCUT2D eigenvalue weighted by Gasteiger charge is -2.03. The molecular weight excluding hydrogens is 244 g/mol. The molecule has 5 heteroatoms. The third kappa shape index (κ3) is 2.01. The number of ether oxygens (including phenoxy) is 1. The number of hydrogen-bond acceptors (Lipinski definition) is 4. The number of benzene rings is 1. The molecule has 0 amide bonds. The number of thiazole rings is 1. The van der Waals surface area contributed by atoms with Gasteiger partial charge in [0.2, 0.25) is 0 Å². The van der Waals surface area contributed by atoms with E-state index in [1.54, 1.807) is 19.2 Å². The van der Waals surface area contributed by atoms with Gasteiger partial charge in [0.05, 0.1) is 17.8 Å². The summed E-state index contributed by atoms with van der Waals surface area (Å²) in [6.07, 6.45) is 0. The Labute approximate surface area is 102 Å². The molecule has 0 radical (unpaired) electrons. The van der Waals surface area contributed by atoms with Crippen molar-refractivity contribution in [1.29, 1.82) is 5.26 Å². The molecule has 0 atom stereocenters. The first-order valence-corrected chi connectivity index (χ1v) is 5.70. The Morgan fingerprint density at radius 2 is 2.31 bits per heavy atom. The largest absolute Gasteiger partial charge is 0.495 e. The summed E-state index contributed by atoms with van der Waals surface area (Å²) in [4.78, 5) is 4.15. The van der Waals surface area contributed by atoms with Crippen molar-refractivity contribution < 1.29 is 4.74 Å². The molecule has 1 aromatic heterocycles. The van der Waals surface area contributed by atoms with Crippen LogP contribution in [0.2, 0.25) is 5.02 Å². The van der Waals surface area contributed by atoms with Crippen molar-refractivity contribution in [1.82, 2.24) is 4.98 Å². The Kier molecular flexibility index (Phi) is 3.09. The Morgan fingerprint density at radius 1 is 1.50 bits per heavy atom. The highest BCUT2D eigenvalue weighted by molar-refractivity contribution is 7.10. The second kappa shape index (κ2) is 4.52. The van der Waals surface area contributed by atoms with Crippen molar-refractivity contribution in [2.45, 2.75) is 0 Å². The van der Waals surface area contributed by atoms with Gasteiger partial charge in [-0.3, -0.25) is 0 Å². The summed E-state index contributed by atoms with van der Waals surface area (Å²) >= 11 is 7.32. The van der Waals surface area contributed by atoms with Crippen LogP contribution in [0.5, 0.6) is 5.75 Å². The molecule has 0 aliphatic heterocycles. The van der Waals surface area contributed by atoms with E-state index in [4.69, 9.17) is 21.6 Å². The van der Waals surface area contributed by atoms with Gasteiger partial charge in [-0.1, -0.05) is 11.6 Å². The summed E-state index contributed by atoms with van der Waals surface area (Å²) in [7, 11) is 1.57. The third-order valence-electron chi connectivity index (χ3n) is 2.05. The number of halogens is 1. The van der Waals surface area contributed by atoms with Crippen LogP contribution >= 0.6 is 22.9 Å². The van der Waals surface area contributed by atoms with Gasteiger partial charge in [0.25, 0.3) is 0 Å². The number of hydrogen-bond donors (Lipinski definition) is 0. The minimum Gasteiger partial charge on any atom is -0.495 e. The first-order chi connectivity index (χ1) is 7.74. The number of nitriles is 1. The summed E-state index contributed by atoms with van der Waals surface area (Å²) in [6, 6.07) is 7.42. The maximum Gasteiger partial charge on any atom is 0.194 e. The SMILES string of the molecule is COc1ccc(-c2csc(C#N)n2)cc1Cl. The molecule has 0 bridgehead atoms. The normalized spacial score (nSPS) is 9.81. The summed E-state index contributed by atoms with van der Waals surface area (Å²) < 4.78 is 5.06. The van der Waals surface area contributed by atoms with E-state index in [9.17, 15) is 0 Å². The molecule has 0 spiro atoms. The lowest BCUT2D eigenvalue weighted by atomic mass is 10.2. The fourth-order valence-electron chi connectivity index (χ4n) is 1.28. The van der Waals surface area contributed by atoms with E-state index in [1.165, 1.54) is 11.3 Å². The molecule has 1 heterocycles. The van der Waals surface area contributed by atoms with Crippen molar-refractivity contribution in [3.05, 3.63) is 33.6 Å². The molecule has 2 rings (SSSR count). The molecule has 0 unspecified atom stereocenters. The van der Waals surface area contributed by atoms with E-state index < -0.39 is 0 Å². The Bertz CT molecular complexity index is 559. The van der Waals surface area contributed by atoms with Gasteiger partial charge in [-0.05, 0) is 18.2 Å². The van der Waals surface area contributed by atoms with Gasteiger partial charge < -0.3 is 4.74 Å². The van der Waals surface area contributed by atoms with Crippen LogP contribution in [0.1, 0.15) is 5.01 Å². The number of methoxy groups -OCH3 is 1. The predicted octanol–water partition coefficient (Wildman–Crippen LogP) is 3.34. The average Bonchev–Trinajstić information content (AvgIpc) is 2.77. The van der Waals surface area contributed by atoms with E-state index in [0.717, 1.165) is 11.3 Å². The third-order valence-corrected chi connectivity index (χ3v) is 3.09. The molecule has 2 aromatic rings. The summed E-state index contributed by atoms with van der Waals surface area (Å²) in [5, 5.41) is 11.5. The molecule has 3 nitrogen and oxygen atoms in total. The number of rotatable bonds is 2. The number of aromatic nitrogens is 1. The van der Waals surface area contributed by atoms with E-state index in [1.807, 2.05) is 17.5 Å². The topological polar surface area (TPSA) is 45.9 Å². The maximum atomic E-state index is 8.69. The van der Waals surface area contributed by atoms with Crippen molar-refractivity contribution in [3.8, 4) is 23.1 Å². The van der Waals surface area contributed by atoms with Crippen LogP contribution in [0.3, 0.4) is 0 Å². The maximum absolute atomic E-state index is 8.69. The van der Waals surface area contributed by atoms with Crippen molar-refractivity contribution in [3.63, 3.8) is 0 Å². The fraction of sp³-hybridized carbons (Fsp3) is 0.0909. The van der Waals surface area contributed by atoms with Crippen LogP contribution in [-0.4, -0.2) is 12.1 Å². The monoisotopic (exact) mass is 250 g/mol. The van der Waals surface area contributed by atoms with Crippen LogP contribution in [0.4, 0.5) is 0 Å². The van der Waals surface area contributed by atoms with Gasteiger partial charge in [0.15, 0.2) is 5.01 Å². The summed E-state index contributed by atoms with van der Waals surface area (Å²) in [5.41, 5.74) is 1.63. The molecular formula is C11H7ClN2OS. The highest BCUT2D eigenvalue weighted by Crippen LogP contribution is 2.30. The molecule has 0 aliphatic rings. The molecule has 0 aliphatic carbocycles. The quantitative estimate of drug-likeness (QED) is 0.821. The molecule has 80 valence electrons. The van der Waals surface area contributed by atoms with Gasteiger partial charge in [-0.25, -0.2) is 4.98 Å². The van der Waals surface area contributed by atoms with Crippen molar-refractivity contribution in [2.24, 2.45) is 0 Å². The van der Waals surface area contributed by atoms with Crippen LogP contribution in [0.25, 0.3) is 11.3 Å². The average molecular weight is 251 g/mol. The lowest BCUT2D eigenvalue weighted by molar-refractivity contribution is 0.415. The van der Waals surface area contributed by atoms with E-state index in [2.05, 4.69) is 4.98 Å². The standard InChI is InChI=1S/C11H7ClN2OS/c1-15-10-3-2-7(4-8(10)12)9-6-16-11(5-13)14-9/h2-4,6H,1H3. The van der Waals surface area contributed by atoms with E-state index in [0.29, 0.717) is 15.8 Å². The summed E-state index contributed by atoms with van der Waals surface area (Å²) in [6.45, 7) is 0. The highest BCUT2D eigenvalue weighted by atomic mass is 35.5. The second-order valence-electron chi connectivity index (χ2n) is 3.00. The Balaban J connectivity index is 2.42. The van der Waals surface area contributed by atoms with Gasteiger partial charge in [0.1, 0.15) is 11.8 Å². The van der Waals surface area contributed by atoms with Crippen LogP contribution < -0.4 is 4.74 Å². The van der Waals surface area contributed by atoms with E-state index in [-0.39, 0.29) is 0 Å². The minimum absolute atomic E-state index is 0.446. The fourth-order valence-corrected chi connectivity index (χ4v) is 2.16. The van der Waals surface area contributed by atoms with Gasteiger partial charge in [-0.2, -0.15) is 5.26 Å². The second-order valence-corrected chi connectivity index (χ2v) is 4.26. The first kappa shape index (κ1) is 10.9. The smallest absolute Gasteiger partial charge is 0.194 e. The molecule has 0 N–H and O–H groups in total. The molecule has 0 fully saturated rings. The highest BCUT2D eigenvalue weighted by Gasteiger charge is 2.07. The van der Waals surface area contributed by atoms with Crippen molar-refractivity contribution >= 4 is 22.9 Å². The van der Waals surface area contributed by atoms with Crippen LogP contribution in [0, 0.1) is 11.3 Å². The summed E-state index contributed by atoms with van der Waals surface area (Å²) in [5.74, 6) is 0.626. The predicted molar refractivity (Wildman–Crippen MR) is 63.8 cm³/mol. The molecule has 16 heavy (non-hydrogen) atoms. The van der Waals surface area contributed by atoms with Crippen molar-refractivity contribution in [2.75, 3.05) is 7.11 Å². The van der Waals surface area contributed by atoms with Gasteiger partial charge in [0, 0.05) is 10.9 Å².